The molecule has 0 spiro atoms. The summed E-state index contributed by atoms with van der Waals surface area (Å²) in [5.74, 6) is 0.614. The van der Waals surface area contributed by atoms with Gasteiger partial charge in [-0.25, -0.2) is 4.98 Å². The Balaban J connectivity index is 1.22. The fourth-order valence-corrected chi connectivity index (χ4v) is 6.39. The van der Waals surface area contributed by atoms with Crippen molar-refractivity contribution >= 4 is 60.9 Å². The summed E-state index contributed by atoms with van der Waals surface area (Å²) in [5.41, 5.74) is 9.66. The van der Waals surface area contributed by atoms with Crippen molar-refractivity contribution in [3.63, 3.8) is 0 Å². The average molecular weight is 579 g/mol. The highest BCUT2D eigenvalue weighted by atomic mass is 16.3. The number of aromatic nitrogens is 1. The Kier molecular flexibility index (Phi) is 5.78. The van der Waals surface area contributed by atoms with Gasteiger partial charge in [-0.05, 0) is 54.1 Å². The number of benzene rings is 7. The molecule has 9 aromatic rings. The predicted molar refractivity (Wildman–Crippen MR) is 184 cm³/mol. The number of para-hydroxylation sites is 3. The lowest BCUT2D eigenvalue weighted by Gasteiger charge is -2.27. The summed E-state index contributed by atoms with van der Waals surface area (Å²) in [6, 6.07) is 54.4. The minimum absolute atomic E-state index is 0.614. The van der Waals surface area contributed by atoms with Crippen LogP contribution in [0.15, 0.2) is 167 Å². The summed E-state index contributed by atoms with van der Waals surface area (Å²) in [4.78, 5) is 7.26. The van der Waals surface area contributed by atoms with Gasteiger partial charge in [-0.2, -0.15) is 0 Å². The molecule has 212 valence electrons. The van der Waals surface area contributed by atoms with Crippen LogP contribution in [0, 0.1) is 0 Å². The number of fused-ring (bicyclic) bond motifs is 6. The second kappa shape index (κ2) is 10.2. The van der Waals surface area contributed by atoms with Gasteiger partial charge in [0, 0.05) is 44.0 Å². The molecule has 0 aliphatic carbocycles. The molecule has 7 aromatic carbocycles. The molecule has 0 radical (unpaired) electrons. The topological polar surface area (TPSA) is 42.4 Å². The lowest BCUT2D eigenvalue weighted by atomic mass is 10.0. The fourth-order valence-electron chi connectivity index (χ4n) is 6.39. The van der Waals surface area contributed by atoms with E-state index in [1.165, 1.54) is 0 Å². The van der Waals surface area contributed by atoms with Crippen LogP contribution in [0.4, 0.5) is 17.1 Å². The molecule has 0 amide bonds. The van der Waals surface area contributed by atoms with Crippen LogP contribution in [-0.2, 0) is 0 Å². The molecule has 0 unspecified atom stereocenters. The Morgan fingerprint density at radius 3 is 1.87 bits per heavy atom. The van der Waals surface area contributed by atoms with Crippen LogP contribution in [0.2, 0.25) is 0 Å². The van der Waals surface area contributed by atoms with E-state index < -0.39 is 0 Å². The first-order valence-corrected chi connectivity index (χ1v) is 15.1. The summed E-state index contributed by atoms with van der Waals surface area (Å²) in [6.45, 7) is 0. The number of furan rings is 1. The van der Waals surface area contributed by atoms with E-state index in [0.717, 1.165) is 77.6 Å². The number of hydrogen-bond donors (Lipinski definition) is 0. The molecule has 9 rings (SSSR count). The normalized spacial score (nSPS) is 11.6. The van der Waals surface area contributed by atoms with E-state index >= 15 is 0 Å². The average Bonchev–Trinajstić information content (AvgIpc) is 3.72. The zero-order chi connectivity index (χ0) is 29.7. The zero-order valence-electron chi connectivity index (χ0n) is 24.2. The van der Waals surface area contributed by atoms with Crippen molar-refractivity contribution in [1.82, 2.24) is 4.98 Å². The Morgan fingerprint density at radius 2 is 1.07 bits per heavy atom. The van der Waals surface area contributed by atoms with E-state index in [1.807, 2.05) is 48.5 Å². The molecule has 0 aliphatic heterocycles. The SMILES string of the molecule is c1ccc(-c2nc3cc(N(c4ccccc4)c4ccc(-c5cccc6c5oc5ccccc56)cc4)c4ccccc4c3o2)cc1. The highest BCUT2D eigenvalue weighted by Gasteiger charge is 2.21. The second-order valence-electron chi connectivity index (χ2n) is 11.2. The molecule has 4 heteroatoms. The largest absolute Gasteiger partial charge is 0.455 e. The molecule has 0 saturated heterocycles. The van der Waals surface area contributed by atoms with Gasteiger partial charge in [0.1, 0.15) is 16.7 Å². The first-order valence-electron chi connectivity index (χ1n) is 15.1. The van der Waals surface area contributed by atoms with Gasteiger partial charge in [0.15, 0.2) is 5.58 Å². The third kappa shape index (κ3) is 4.19. The highest BCUT2D eigenvalue weighted by molar-refractivity contribution is 6.12. The molecular weight excluding hydrogens is 552 g/mol. The number of rotatable bonds is 5. The van der Waals surface area contributed by atoms with Crippen molar-refractivity contribution in [3.8, 4) is 22.6 Å². The van der Waals surface area contributed by atoms with Gasteiger partial charge in [-0.3, -0.25) is 0 Å². The van der Waals surface area contributed by atoms with Gasteiger partial charge in [-0.1, -0.05) is 109 Å². The molecule has 4 nitrogen and oxygen atoms in total. The van der Waals surface area contributed by atoms with E-state index in [9.17, 15) is 0 Å². The Hall–Kier alpha value is -6.13. The summed E-state index contributed by atoms with van der Waals surface area (Å²) >= 11 is 0. The van der Waals surface area contributed by atoms with Crippen LogP contribution in [0.5, 0.6) is 0 Å². The smallest absolute Gasteiger partial charge is 0.227 e. The van der Waals surface area contributed by atoms with Crippen LogP contribution < -0.4 is 4.90 Å². The van der Waals surface area contributed by atoms with Gasteiger partial charge in [0.05, 0.1) is 5.69 Å². The Morgan fingerprint density at radius 1 is 0.444 bits per heavy atom. The van der Waals surface area contributed by atoms with Crippen LogP contribution >= 0.6 is 0 Å². The lowest BCUT2D eigenvalue weighted by molar-refractivity contribution is 0.623. The van der Waals surface area contributed by atoms with Crippen molar-refractivity contribution < 1.29 is 8.83 Å². The van der Waals surface area contributed by atoms with Gasteiger partial charge in [-0.15, -0.1) is 0 Å². The molecule has 0 N–H and O–H groups in total. The minimum Gasteiger partial charge on any atom is -0.455 e. The van der Waals surface area contributed by atoms with Crippen molar-refractivity contribution in [3.05, 3.63) is 158 Å². The summed E-state index contributed by atoms with van der Waals surface area (Å²) in [5, 5.41) is 4.36. The molecule has 0 bridgehead atoms. The second-order valence-corrected chi connectivity index (χ2v) is 11.2. The van der Waals surface area contributed by atoms with Crippen molar-refractivity contribution in [2.24, 2.45) is 0 Å². The standard InChI is InChI=1S/C41H26N2O2/c1-3-12-28(13-4-1)41-42-36-26-37(32-16-7-8-18-34(32)40(36)45-41)43(29-14-5-2-6-15-29)30-24-22-27(23-25-30)31-19-11-20-35-33-17-9-10-21-38(33)44-39(31)35/h1-26H. The molecule has 2 aromatic heterocycles. The zero-order valence-corrected chi connectivity index (χ0v) is 24.2. The van der Waals surface area contributed by atoms with E-state index in [-0.39, 0.29) is 0 Å². The molecular formula is C41H26N2O2. The number of anilines is 3. The van der Waals surface area contributed by atoms with Crippen LogP contribution in [-0.4, -0.2) is 4.98 Å². The van der Waals surface area contributed by atoms with Gasteiger partial charge in [0.2, 0.25) is 5.89 Å². The van der Waals surface area contributed by atoms with Crippen molar-refractivity contribution in [1.29, 1.82) is 0 Å². The first-order chi connectivity index (χ1) is 22.3. The quantitative estimate of drug-likeness (QED) is 0.204. The molecule has 0 saturated carbocycles. The third-order valence-electron chi connectivity index (χ3n) is 8.49. The Labute approximate surface area is 259 Å². The summed E-state index contributed by atoms with van der Waals surface area (Å²) < 4.78 is 12.7. The highest BCUT2D eigenvalue weighted by Crippen LogP contribution is 2.43. The predicted octanol–water partition coefficient (Wildman–Crippen LogP) is 11.7. The molecule has 2 heterocycles. The monoisotopic (exact) mass is 578 g/mol. The summed E-state index contributed by atoms with van der Waals surface area (Å²) in [6.07, 6.45) is 0. The van der Waals surface area contributed by atoms with Gasteiger partial charge in [0.25, 0.3) is 0 Å². The van der Waals surface area contributed by atoms with E-state index in [0.29, 0.717) is 5.89 Å². The number of hydrogen-bond acceptors (Lipinski definition) is 4. The molecule has 0 atom stereocenters. The molecule has 0 aliphatic rings. The van der Waals surface area contributed by atoms with E-state index in [2.05, 4.69) is 114 Å². The van der Waals surface area contributed by atoms with Crippen LogP contribution in [0.1, 0.15) is 0 Å². The molecule has 0 fully saturated rings. The van der Waals surface area contributed by atoms with Gasteiger partial charge >= 0.3 is 0 Å². The molecule has 45 heavy (non-hydrogen) atoms. The Bertz CT molecular complexity index is 2480. The van der Waals surface area contributed by atoms with Crippen LogP contribution in [0.3, 0.4) is 0 Å². The summed E-state index contributed by atoms with van der Waals surface area (Å²) in [7, 11) is 0. The fraction of sp³-hybridized carbons (Fsp3) is 0. The van der Waals surface area contributed by atoms with Crippen LogP contribution in [0.25, 0.3) is 66.4 Å². The van der Waals surface area contributed by atoms with E-state index in [1.54, 1.807) is 0 Å². The maximum absolute atomic E-state index is 6.40. The first kappa shape index (κ1) is 25.4. The van der Waals surface area contributed by atoms with Crippen molar-refractivity contribution in [2.75, 3.05) is 4.90 Å². The minimum atomic E-state index is 0.614. The van der Waals surface area contributed by atoms with Crippen molar-refractivity contribution in [2.45, 2.75) is 0 Å². The van der Waals surface area contributed by atoms with E-state index in [4.69, 9.17) is 13.8 Å². The third-order valence-corrected chi connectivity index (χ3v) is 8.49. The maximum atomic E-state index is 6.40. The van der Waals surface area contributed by atoms with Gasteiger partial charge < -0.3 is 13.7 Å². The lowest BCUT2D eigenvalue weighted by Crippen LogP contribution is -2.10. The maximum Gasteiger partial charge on any atom is 0.227 e. The number of oxazole rings is 1. The number of nitrogens with zero attached hydrogens (tertiary/aromatic N) is 2.